The standard InChI is InChI=1S/C17H30N2O/c1-14-5-6-17(13-15(14)2)20-12-11-19(4)16-7-9-18(3)10-8-16/h5-6,13-16H,7-12H2,1-4H3. The molecule has 0 amide bonds. The molecule has 0 bridgehead atoms. The molecule has 1 heterocycles. The zero-order valence-electron chi connectivity index (χ0n) is 13.5. The minimum Gasteiger partial charge on any atom is -0.493 e. The van der Waals surface area contributed by atoms with Crippen LogP contribution in [0.1, 0.15) is 26.7 Å². The van der Waals surface area contributed by atoms with Crippen LogP contribution in [0.4, 0.5) is 0 Å². The van der Waals surface area contributed by atoms with Crippen LogP contribution in [0.15, 0.2) is 24.0 Å². The first-order valence-corrected chi connectivity index (χ1v) is 7.98. The first kappa shape index (κ1) is 15.6. The zero-order chi connectivity index (χ0) is 14.5. The minimum atomic E-state index is 0.585. The van der Waals surface area contributed by atoms with E-state index in [1.165, 1.54) is 25.9 Å². The zero-order valence-corrected chi connectivity index (χ0v) is 13.5. The second kappa shape index (κ2) is 7.28. The van der Waals surface area contributed by atoms with E-state index in [0.29, 0.717) is 11.8 Å². The molecule has 0 aromatic carbocycles. The number of likely N-dealkylation sites (tertiary alicyclic amines) is 1. The van der Waals surface area contributed by atoms with Crippen molar-refractivity contribution in [2.45, 2.75) is 32.7 Å². The number of likely N-dealkylation sites (N-methyl/N-ethyl adjacent to an activating group) is 1. The van der Waals surface area contributed by atoms with Crippen LogP contribution in [-0.4, -0.2) is 56.2 Å². The number of nitrogens with zero attached hydrogens (tertiary/aromatic N) is 2. The molecule has 0 aromatic heterocycles. The molecule has 0 spiro atoms. The number of hydrogen-bond donors (Lipinski definition) is 0. The lowest BCUT2D eigenvalue weighted by atomic mass is 9.91. The van der Waals surface area contributed by atoms with Gasteiger partial charge in [0, 0.05) is 12.6 Å². The molecule has 0 saturated carbocycles. The molecule has 2 aliphatic rings. The Bertz CT molecular complexity index is 356. The molecule has 0 aromatic rings. The van der Waals surface area contributed by atoms with Crippen LogP contribution in [-0.2, 0) is 4.74 Å². The Morgan fingerprint density at radius 1 is 1.25 bits per heavy atom. The fourth-order valence-electron chi connectivity index (χ4n) is 2.91. The monoisotopic (exact) mass is 278 g/mol. The van der Waals surface area contributed by atoms with Crippen LogP contribution in [0, 0.1) is 11.8 Å². The van der Waals surface area contributed by atoms with Crippen molar-refractivity contribution in [3.63, 3.8) is 0 Å². The Morgan fingerprint density at radius 3 is 2.60 bits per heavy atom. The Hall–Kier alpha value is -0.800. The third-order valence-electron chi connectivity index (χ3n) is 4.84. The molecule has 0 radical (unpaired) electrons. The van der Waals surface area contributed by atoms with E-state index in [4.69, 9.17) is 4.74 Å². The van der Waals surface area contributed by atoms with Gasteiger partial charge in [-0.15, -0.1) is 0 Å². The first-order valence-electron chi connectivity index (χ1n) is 7.98. The van der Waals surface area contributed by atoms with E-state index >= 15 is 0 Å². The number of piperidine rings is 1. The predicted molar refractivity (Wildman–Crippen MR) is 84.7 cm³/mol. The highest BCUT2D eigenvalue weighted by Crippen LogP contribution is 2.22. The van der Waals surface area contributed by atoms with Gasteiger partial charge in [-0.3, -0.25) is 4.90 Å². The van der Waals surface area contributed by atoms with Gasteiger partial charge in [0.15, 0.2) is 0 Å². The molecule has 2 rings (SSSR count). The highest BCUT2D eigenvalue weighted by Gasteiger charge is 2.20. The molecule has 1 aliphatic carbocycles. The van der Waals surface area contributed by atoms with Crippen LogP contribution < -0.4 is 0 Å². The Labute approximate surface area is 124 Å². The lowest BCUT2D eigenvalue weighted by molar-refractivity contribution is 0.111. The summed E-state index contributed by atoms with van der Waals surface area (Å²) in [5.74, 6) is 2.26. The van der Waals surface area contributed by atoms with Crippen molar-refractivity contribution in [1.82, 2.24) is 9.80 Å². The molecule has 114 valence electrons. The molecular formula is C17H30N2O. The quantitative estimate of drug-likeness (QED) is 0.769. The van der Waals surface area contributed by atoms with E-state index in [2.05, 4.69) is 56.0 Å². The Kier molecular flexibility index (Phi) is 5.67. The average molecular weight is 278 g/mol. The van der Waals surface area contributed by atoms with E-state index in [9.17, 15) is 0 Å². The lowest BCUT2D eigenvalue weighted by Gasteiger charge is -2.35. The van der Waals surface area contributed by atoms with E-state index < -0.39 is 0 Å². The van der Waals surface area contributed by atoms with E-state index in [0.717, 1.165) is 25.0 Å². The molecule has 1 aliphatic heterocycles. The summed E-state index contributed by atoms with van der Waals surface area (Å²) in [6.45, 7) is 8.76. The molecule has 20 heavy (non-hydrogen) atoms. The van der Waals surface area contributed by atoms with Gasteiger partial charge in [0.2, 0.25) is 0 Å². The summed E-state index contributed by atoms with van der Waals surface area (Å²) >= 11 is 0. The predicted octanol–water partition coefficient (Wildman–Crippen LogP) is 2.75. The number of allylic oxidation sites excluding steroid dienone is 3. The van der Waals surface area contributed by atoms with Crippen molar-refractivity contribution in [2.24, 2.45) is 11.8 Å². The Balaban J connectivity index is 1.68. The van der Waals surface area contributed by atoms with Gasteiger partial charge in [-0.1, -0.05) is 19.9 Å². The van der Waals surface area contributed by atoms with Crippen molar-refractivity contribution < 1.29 is 4.74 Å². The fraction of sp³-hybridized carbons (Fsp3) is 0.765. The molecular weight excluding hydrogens is 248 g/mol. The second-order valence-corrected chi connectivity index (χ2v) is 6.51. The first-order chi connectivity index (χ1) is 9.56. The van der Waals surface area contributed by atoms with Crippen LogP contribution in [0.25, 0.3) is 0 Å². The average Bonchev–Trinajstić information content (AvgIpc) is 2.43. The highest BCUT2D eigenvalue weighted by molar-refractivity contribution is 5.19. The minimum absolute atomic E-state index is 0.585. The fourth-order valence-corrected chi connectivity index (χ4v) is 2.91. The van der Waals surface area contributed by atoms with Gasteiger partial charge < -0.3 is 9.64 Å². The van der Waals surface area contributed by atoms with Gasteiger partial charge in [-0.05, 0) is 64.0 Å². The van der Waals surface area contributed by atoms with Gasteiger partial charge in [-0.25, -0.2) is 0 Å². The van der Waals surface area contributed by atoms with E-state index in [1.54, 1.807) is 0 Å². The topological polar surface area (TPSA) is 15.7 Å². The maximum absolute atomic E-state index is 5.91. The lowest BCUT2D eigenvalue weighted by Crippen LogP contribution is -2.42. The maximum atomic E-state index is 5.91. The van der Waals surface area contributed by atoms with Crippen LogP contribution in [0.5, 0.6) is 0 Å². The molecule has 0 N–H and O–H groups in total. The summed E-state index contributed by atoms with van der Waals surface area (Å²) in [5, 5.41) is 0. The summed E-state index contributed by atoms with van der Waals surface area (Å²) in [4.78, 5) is 4.88. The van der Waals surface area contributed by atoms with Crippen LogP contribution in [0.3, 0.4) is 0 Å². The summed E-state index contributed by atoms with van der Waals surface area (Å²) in [6.07, 6.45) is 9.19. The molecule has 3 nitrogen and oxygen atoms in total. The van der Waals surface area contributed by atoms with Gasteiger partial charge in [-0.2, -0.15) is 0 Å². The molecule has 2 unspecified atom stereocenters. The van der Waals surface area contributed by atoms with Crippen LogP contribution >= 0.6 is 0 Å². The number of rotatable bonds is 5. The maximum Gasteiger partial charge on any atom is 0.115 e. The summed E-state index contributed by atoms with van der Waals surface area (Å²) in [5.41, 5.74) is 0. The third kappa shape index (κ3) is 4.35. The van der Waals surface area contributed by atoms with Crippen LogP contribution in [0.2, 0.25) is 0 Å². The largest absolute Gasteiger partial charge is 0.493 e. The van der Waals surface area contributed by atoms with Crippen molar-refractivity contribution in [3.05, 3.63) is 24.0 Å². The number of ether oxygens (including phenoxy) is 1. The van der Waals surface area contributed by atoms with Gasteiger partial charge in [0.05, 0.1) is 0 Å². The van der Waals surface area contributed by atoms with E-state index in [-0.39, 0.29) is 0 Å². The molecule has 2 atom stereocenters. The smallest absolute Gasteiger partial charge is 0.115 e. The summed E-state index contributed by atoms with van der Waals surface area (Å²) in [6, 6.07) is 0.727. The van der Waals surface area contributed by atoms with Crippen molar-refractivity contribution in [3.8, 4) is 0 Å². The van der Waals surface area contributed by atoms with Gasteiger partial charge in [0.1, 0.15) is 12.4 Å². The van der Waals surface area contributed by atoms with Crippen molar-refractivity contribution in [2.75, 3.05) is 40.3 Å². The van der Waals surface area contributed by atoms with Gasteiger partial charge in [0.25, 0.3) is 0 Å². The molecule has 3 heteroatoms. The normalized spacial score (nSPS) is 28.8. The van der Waals surface area contributed by atoms with Crippen molar-refractivity contribution in [1.29, 1.82) is 0 Å². The van der Waals surface area contributed by atoms with E-state index in [1.807, 2.05) is 0 Å². The second-order valence-electron chi connectivity index (χ2n) is 6.51. The van der Waals surface area contributed by atoms with Crippen molar-refractivity contribution >= 4 is 0 Å². The summed E-state index contributed by atoms with van der Waals surface area (Å²) < 4.78 is 5.91. The summed E-state index contributed by atoms with van der Waals surface area (Å²) in [7, 11) is 4.44. The third-order valence-corrected chi connectivity index (χ3v) is 4.84. The molecule has 1 fully saturated rings. The van der Waals surface area contributed by atoms with Gasteiger partial charge >= 0.3 is 0 Å². The molecule has 1 saturated heterocycles. The SMILES string of the molecule is CC1C=CC(OCCN(C)C2CCN(C)CC2)=CC1C. The highest BCUT2D eigenvalue weighted by atomic mass is 16.5. The number of hydrogen-bond acceptors (Lipinski definition) is 3. The Morgan fingerprint density at radius 2 is 1.95 bits per heavy atom.